The molecule has 0 atom stereocenters. The molecule has 1 N–H and O–H groups in total. The number of halogens is 1. The van der Waals surface area contributed by atoms with Crippen LogP contribution in [0.4, 0.5) is 0 Å². The molecule has 13 heteroatoms. The van der Waals surface area contributed by atoms with Crippen LogP contribution in [0, 0.1) is 0 Å². The fourth-order valence-electron chi connectivity index (χ4n) is 4.73. The smallest absolute Gasteiger partial charge is 0.266 e. The van der Waals surface area contributed by atoms with Crippen molar-refractivity contribution in [3.05, 3.63) is 57.7 Å². The van der Waals surface area contributed by atoms with Gasteiger partial charge in [-0.3, -0.25) is 14.6 Å². The first kappa shape index (κ1) is 30.4. The Labute approximate surface area is 259 Å². The molecule has 0 bridgehead atoms. The van der Waals surface area contributed by atoms with Gasteiger partial charge in [0.2, 0.25) is 0 Å². The van der Waals surface area contributed by atoms with Gasteiger partial charge in [-0.1, -0.05) is 46.9 Å². The number of aryl methyl sites for hydroxylation is 1. The van der Waals surface area contributed by atoms with E-state index >= 15 is 0 Å². The topological polar surface area (TPSA) is 106 Å². The second-order valence-corrected chi connectivity index (χ2v) is 11.8. The second kappa shape index (κ2) is 14.9. The number of aromatic nitrogens is 4. The normalized spacial score (nSPS) is 16.9. The number of ether oxygens (including phenoxy) is 3. The number of thioether (sulfide) groups is 1. The number of tetrazole rings is 1. The maximum Gasteiger partial charge on any atom is 0.266 e. The quantitative estimate of drug-likeness (QED) is 0.160. The minimum atomic E-state index is -0.103. The zero-order valence-electron chi connectivity index (χ0n) is 23.4. The Morgan fingerprint density at radius 2 is 2.00 bits per heavy atom. The molecule has 2 aliphatic heterocycles. The van der Waals surface area contributed by atoms with Gasteiger partial charge in [0.25, 0.3) is 5.91 Å². The van der Waals surface area contributed by atoms with Gasteiger partial charge in [0, 0.05) is 43.7 Å². The third kappa shape index (κ3) is 7.87. The lowest BCUT2D eigenvalue weighted by Crippen LogP contribution is -2.38. The first-order chi connectivity index (χ1) is 20.5. The summed E-state index contributed by atoms with van der Waals surface area (Å²) in [6, 6.07) is 11.6. The van der Waals surface area contributed by atoms with Gasteiger partial charge in [-0.2, -0.15) is 5.21 Å². The summed E-state index contributed by atoms with van der Waals surface area (Å²) in [4.78, 5) is 17.9. The molecular weight excluding hydrogens is 596 g/mol. The van der Waals surface area contributed by atoms with Crippen molar-refractivity contribution in [3.63, 3.8) is 0 Å². The number of amides is 1. The van der Waals surface area contributed by atoms with Crippen LogP contribution in [0.3, 0.4) is 0 Å². The molecule has 1 aromatic heterocycles. The number of aromatic amines is 1. The van der Waals surface area contributed by atoms with Crippen LogP contribution in [0.25, 0.3) is 17.2 Å². The Bertz CT molecular complexity index is 1420. The van der Waals surface area contributed by atoms with Gasteiger partial charge >= 0.3 is 0 Å². The summed E-state index contributed by atoms with van der Waals surface area (Å²) in [5, 5.41) is 14.6. The van der Waals surface area contributed by atoms with Gasteiger partial charge in [-0.15, -0.1) is 10.2 Å². The van der Waals surface area contributed by atoms with Crippen LogP contribution in [0.2, 0.25) is 5.02 Å². The molecule has 0 aliphatic carbocycles. The molecule has 0 radical (unpaired) electrons. The highest BCUT2D eigenvalue weighted by Crippen LogP contribution is 2.38. The van der Waals surface area contributed by atoms with Crippen molar-refractivity contribution in [1.82, 2.24) is 30.4 Å². The molecular formula is C29H33ClN6O4S2. The van der Waals surface area contributed by atoms with Crippen molar-refractivity contribution in [2.75, 3.05) is 52.6 Å². The Balaban J connectivity index is 1.34. The predicted octanol–water partition coefficient (Wildman–Crippen LogP) is 4.85. The third-order valence-corrected chi connectivity index (χ3v) is 8.61. The Morgan fingerprint density at radius 1 is 1.14 bits per heavy atom. The van der Waals surface area contributed by atoms with Crippen molar-refractivity contribution in [2.24, 2.45) is 0 Å². The molecule has 3 heterocycles. The highest BCUT2D eigenvalue weighted by atomic mass is 35.5. The molecule has 0 unspecified atom stereocenters. The van der Waals surface area contributed by atoms with E-state index in [4.69, 9.17) is 38.0 Å². The molecule has 42 heavy (non-hydrogen) atoms. The lowest BCUT2D eigenvalue weighted by atomic mass is 10.0. The first-order valence-electron chi connectivity index (χ1n) is 14.0. The maximum absolute atomic E-state index is 13.4. The summed E-state index contributed by atoms with van der Waals surface area (Å²) < 4.78 is 17.9. The van der Waals surface area contributed by atoms with Gasteiger partial charge in [0.15, 0.2) is 5.82 Å². The molecule has 1 amide bonds. The summed E-state index contributed by atoms with van der Waals surface area (Å²) >= 11 is 13.5. The molecule has 5 rings (SSSR count). The number of carbonyl (C=O) groups excluding carboxylic acids is 1. The van der Waals surface area contributed by atoms with E-state index in [9.17, 15) is 4.79 Å². The predicted molar refractivity (Wildman–Crippen MR) is 168 cm³/mol. The SMILES string of the molecule is CCOc1ccc(-c2ccc(OCCN3CCOCC3)c(C=C3SC(=S)N(CCCCc4nn[nH]n4)C3=O)c2)c(Cl)c1. The number of hydrogen-bond acceptors (Lipinski definition) is 10. The average Bonchev–Trinajstić information content (AvgIpc) is 3.60. The Hall–Kier alpha value is -3.03. The summed E-state index contributed by atoms with van der Waals surface area (Å²) in [6.45, 7) is 7.60. The molecule has 2 aliphatic rings. The number of rotatable bonds is 13. The van der Waals surface area contributed by atoms with E-state index in [1.54, 1.807) is 4.90 Å². The van der Waals surface area contributed by atoms with E-state index < -0.39 is 0 Å². The van der Waals surface area contributed by atoms with Gasteiger partial charge in [-0.25, -0.2) is 0 Å². The summed E-state index contributed by atoms with van der Waals surface area (Å²) in [7, 11) is 0. The van der Waals surface area contributed by atoms with E-state index in [1.165, 1.54) is 11.8 Å². The number of carbonyl (C=O) groups is 1. The maximum atomic E-state index is 13.4. The molecule has 10 nitrogen and oxygen atoms in total. The number of thiocarbonyl (C=S) groups is 1. The summed E-state index contributed by atoms with van der Waals surface area (Å²) in [5.74, 6) is 1.97. The van der Waals surface area contributed by atoms with Crippen LogP contribution in [0.15, 0.2) is 41.3 Å². The minimum Gasteiger partial charge on any atom is -0.494 e. The molecule has 0 saturated carbocycles. The lowest BCUT2D eigenvalue weighted by Gasteiger charge is -2.26. The van der Waals surface area contributed by atoms with Crippen LogP contribution in [-0.2, 0) is 16.0 Å². The van der Waals surface area contributed by atoms with Gasteiger partial charge < -0.3 is 14.2 Å². The summed E-state index contributed by atoms with van der Waals surface area (Å²) in [5.41, 5.74) is 2.56. The zero-order chi connectivity index (χ0) is 29.3. The van der Waals surface area contributed by atoms with Crippen LogP contribution in [0.1, 0.15) is 31.2 Å². The standard InChI is InChI=1S/C29H33ClN6O4S2/c1-2-39-22-7-8-23(24(30)19-22)20-6-9-25(40-16-13-35-11-14-38-15-12-35)21(17-20)18-26-28(37)36(29(41)42-26)10-4-3-5-27-31-33-34-32-27/h6-9,17-19H,2-5,10-16H2,1H3,(H,31,32,33,34). The van der Waals surface area contributed by atoms with Crippen molar-refractivity contribution >= 4 is 51.9 Å². The molecule has 2 aromatic carbocycles. The van der Waals surface area contributed by atoms with E-state index in [2.05, 4.69) is 25.5 Å². The zero-order valence-corrected chi connectivity index (χ0v) is 25.8. The van der Waals surface area contributed by atoms with E-state index in [1.807, 2.05) is 49.4 Å². The van der Waals surface area contributed by atoms with Crippen LogP contribution in [-0.4, -0.2) is 93.3 Å². The number of benzene rings is 2. The van der Waals surface area contributed by atoms with Gasteiger partial charge in [0.1, 0.15) is 22.4 Å². The van der Waals surface area contributed by atoms with E-state index in [0.717, 1.165) is 68.1 Å². The van der Waals surface area contributed by atoms with Crippen molar-refractivity contribution < 1.29 is 19.0 Å². The molecule has 2 fully saturated rings. The largest absolute Gasteiger partial charge is 0.494 e. The average molecular weight is 629 g/mol. The van der Waals surface area contributed by atoms with Crippen LogP contribution < -0.4 is 9.47 Å². The minimum absolute atomic E-state index is 0.103. The fourth-order valence-corrected chi connectivity index (χ4v) is 6.31. The van der Waals surface area contributed by atoms with E-state index in [0.29, 0.717) is 52.0 Å². The van der Waals surface area contributed by atoms with Crippen molar-refractivity contribution in [3.8, 4) is 22.6 Å². The highest BCUT2D eigenvalue weighted by molar-refractivity contribution is 8.26. The van der Waals surface area contributed by atoms with Gasteiger partial charge in [-0.05, 0) is 61.7 Å². The van der Waals surface area contributed by atoms with Gasteiger partial charge in [0.05, 0.1) is 29.7 Å². The van der Waals surface area contributed by atoms with Crippen LogP contribution >= 0.6 is 35.6 Å². The molecule has 0 spiro atoms. The molecule has 3 aromatic rings. The number of hydrogen-bond donors (Lipinski definition) is 1. The van der Waals surface area contributed by atoms with E-state index in [-0.39, 0.29) is 5.91 Å². The Kier molecular flexibility index (Phi) is 10.8. The third-order valence-electron chi connectivity index (χ3n) is 6.92. The number of H-pyrrole nitrogens is 1. The Morgan fingerprint density at radius 3 is 2.76 bits per heavy atom. The summed E-state index contributed by atoms with van der Waals surface area (Å²) in [6.07, 6.45) is 4.15. The number of nitrogens with one attached hydrogen (secondary N) is 1. The molecule has 222 valence electrons. The fraction of sp³-hybridized carbons (Fsp3) is 0.414. The number of unbranched alkanes of at least 4 members (excludes halogenated alkanes) is 1. The first-order valence-corrected chi connectivity index (χ1v) is 15.6. The lowest BCUT2D eigenvalue weighted by molar-refractivity contribution is -0.122. The second-order valence-electron chi connectivity index (χ2n) is 9.75. The van der Waals surface area contributed by atoms with Crippen molar-refractivity contribution in [1.29, 1.82) is 0 Å². The molecule has 2 saturated heterocycles. The number of morpholine rings is 1. The number of nitrogens with zero attached hydrogens (tertiary/aromatic N) is 5. The highest BCUT2D eigenvalue weighted by Gasteiger charge is 2.32. The van der Waals surface area contributed by atoms with Crippen molar-refractivity contribution in [2.45, 2.75) is 26.2 Å². The monoisotopic (exact) mass is 628 g/mol. The van der Waals surface area contributed by atoms with Crippen LogP contribution in [0.5, 0.6) is 11.5 Å².